The molecule has 2 heterocycles. The molecule has 6 heteroatoms. The van der Waals surface area contributed by atoms with E-state index in [-0.39, 0.29) is 12.0 Å². The average Bonchev–Trinajstić information content (AvgIpc) is 3.05. The van der Waals surface area contributed by atoms with Gasteiger partial charge < -0.3 is 9.64 Å². The normalized spacial score (nSPS) is 18.4. The minimum Gasteiger partial charge on any atom is -0.377 e. The second-order valence-corrected chi connectivity index (χ2v) is 5.35. The maximum atomic E-state index is 12.5. The van der Waals surface area contributed by atoms with Gasteiger partial charge in [-0.2, -0.15) is 0 Å². The molecule has 1 aliphatic rings. The molecule has 0 radical (unpaired) electrons. The minimum absolute atomic E-state index is 0.0772. The van der Waals surface area contributed by atoms with E-state index in [1.807, 2.05) is 42.2 Å². The molecule has 0 saturated carbocycles. The SMILES string of the molecule is CCO[C@H]1CCCN(C(=O)c2cn(-c3ccccc3)nn2)C1. The molecule has 1 saturated heterocycles. The number of hydrogen-bond acceptors (Lipinski definition) is 4. The van der Waals surface area contributed by atoms with E-state index in [1.54, 1.807) is 10.9 Å². The average molecular weight is 300 g/mol. The lowest BCUT2D eigenvalue weighted by molar-refractivity contribution is 0.00703. The first-order valence-corrected chi connectivity index (χ1v) is 7.66. The van der Waals surface area contributed by atoms with Gasteiger partial charge in [-0.05, 0) is 31.9 Å². The molecule has 0 spiro atoms. The van der Waals surface area contributed by atoms with Gasteiger partial charge in [0.15, 0.2) is 5.69 Å². The smallest absolute Gasteiger partial charge is 0.276 e. The van der Waals surface area contributed by atoms with E-state index in [9.17, 15) is 4.79 Å². The highest BCUT2D eigenvalue weighted by molar-refractivity contribution is 5.92. The molecule has 0 unspecified atom stereocenters. The molecule has 0 N–H and O–H groups in total. The van der Waals surface area contributed by atoms with Crippen molar-refractivity contribution in [1.29, 1.82) is 0 Å². The van der Waals surface area contributed by atoms with Gasteiger partial charge >= 0.3 is 0 Å². The van der Waals surface area contributed by atoms with Gasteiger partial charge in [0.2, 0.25) is 0 Å². The Morgan fingerprint density at radius 1 is 1.36 bits per heavy atom. The molecule has 0 bridgehead atoms. The molecular weight excluding hydrogens is 280 g/mol. The molecule has 1 aliphatic heterocycles. The van der Waals surface area contributed by atoms with Crippen molar-refractivity contribution in [2.75, 3.05) is 19.7 Å². The molecule has 1 atom stereocenters. The van der Waals surface area contributed by atoms with Crippen LogP contribution in [0.4, 0.5) is 0 Å². The van der Waals surface area contributed by atoms with Crippen LogP contribution in [0.1, 0.15) is 30.3 Å². The Kier molecular flexibility index (Phi) is 4.48. The predicted octanol–water partition coefficient (Wildman–Crippen LogP) is 1.91. The van der Waals surface area contributed by atoms with Crippen molar-refractivity contribution in [3.63, 3.8) is 0 Å². The zero-order valence-electron chi connectivity index (χ0n) is 12.7. The highest BCUT2D eigenvalue weighted by Gasteiger charge is 2.26. The molecule has 116 valence electrons. The lowest BCUT2D eigenvalue weighted by atomic mass is 10.1. The summed E-state index contributed by atoms with van der Waals surface area (Å²) < 4.78 is 7.26. The molecule has 1 fully saturated rings. The number of para-hydroxylation sites is 1. The third-order valence-corrected chi connectivity index (χ3v) is 3.80. The Balaban J connectivity index is 1.71. The number of carbonyl (C=O) groups excluding carboxylic acids is 1. The number of amides is 1. The Morgan fingerprint density at radius 3 is 2.95 bits per heavy atom. The van der Waals surface area contributed by atoms with E-state index < -0.39 is 0 Å². The van der Waals surface area contributed by atoms with E-state index >= 15 is 0 Å². The van der Waals surface area contributed by atoms with E-state index in [0.29, 0.717) is 18.8 Å². The van der Waals surface area contributed by atoms with Crippen LogP contribution in [-0.2, 0) is 4.74 Å². The number of rotatable bonds is 4. The van der Waals surface area contributed by atoms with Crippen molar-refractivity contribution in [2.24, 2.45) is 0 Å². The maximum Gasteiger partial charge on any atom is 0.276 e. The summed E-state index contributed by atoms with van der Waals surface area (Å²) in [6.45, 7) is 4.04. The predicted molar refractivity (Wildman–Crippen MR) is 81.9 cm³/mol. The van der Waals surface area contributed by atoms with Gasteiger partial charge in [0, 0.05) is 19.7 Å². The van der Waals surface area contributed by atoms with Crippen molar-refractivity contribution in [2.45, 2.75) is 25.9 Å². The molecule has 2 aromatic rings. The van der Waals surface area contributed by atoms with Crippen LogP contribution in [0.15, 0.2) is 36.5 Å². The fourth-order valence-electron chi connectivity index (χ4n) is 2.73. The molecule has 6 nitrogen and oxygen atoms in total. The Bertz CT molecular complexity index is 624. The van der Waals surface area contributed by atoms with Gasteiger partial charge in [-0.3, -0.25) is 4.79 Å². The van der Waals surface area contributed by atoms with Crippen LogP contribution in [0.2, 0.25) is 0 Å². The van der Waals surface area contributed by atoms with Crippen LogP contribution in [-0.4, -0.2) is 51.6 Å². The zero-order valence-corrected chi connectivity index (χ0v) is 12.7. The lowest BCUT2D eigenvalue weighted by Crippen LogP contribution is -2.43. The molecule has 1 amide bonds. The van der Waals surface area contributed by atoms with Crippen LogP contribution >= 0.6 is 0 Å². The molecule has 0 aliphatic carbocycles. The van der Waals surface area contributed by atoms with Crippen molar-refractivity contribution < 1.29 is 9.53 Å². The first kappa shape index (κ1) is 14.7. The number of piperidine rings is 1. The van der Waals surface area contributed by atoms with Crippen molar-refractivity contribution in [3.05, 3.63) is 42.2 Å². The Morgan fingerprint density at radius 2 is 2.18 bits per heavy atom. The van der Waals surface area contributed by atoms with Crippen molar-refractivity contribution in [3.8, 4) is 5.69 Å². The standard InChI is InChI=1S/C16H20N4O2/c1-2-22-14-9-6-10-19(11-14)16(21)15-12-20(18-17-15)13-7-4-3-5-8-13/h3-5,7-8,12,14H,2,6,9-11H2,1H3/t14-/m0/s1. The summed E-state index contributed by atoms with van der Waals surface area (Å²) >= 11 is 0. The number of likely N-dealkylation sites (tertiary alicyclic amines) is 1. The van der Waals surface area contributed by atoms with Gasteiger partial charge in [-0.1, -0.05) is 23.4 Å². The van der Waals surface area contributed by atoms with Crippen LogP contribution < -0.4 is 0 Å². The third kappa shape index (κ3) is 3.17. The molecule has 1 aromatic heterocycles. The first-order chi connectivity index (χ1) is 10.8. The highest BCUT2D eigenvalue weighted by Crippen LogP contribution is 2.16. The number of ether oxygens (including phenoxy) is 1. The van der Waals surface area contributed by atoms with E-state index in [2.05, 4.69) is 10.3 Å². The van der Waals surface area contributed by atoms with Gasteiger partial charge in [0.1, 0.15) is 0 Å². The topological polar surface area (TPSA) is 60.2 Å². The summed E-state index contributed by atoms with van der Waals surface area (Å²) in [6, 6.07) is 9.64. The Hall–Kier alpha value is -2.21. The number of aromatic nitrogens is 3. The number of hydrogen-bond donors (Lipinski definition) is 0. The summed E-state index contributed by atoms with van der Waals surface area (Å²) in [4.78, 5) is 14.4. The summed E-state index contributed by atoms with van der Waals surface area (Å²) in [5.41, 5.74) is 1.26. The van der Waals surface area contributed by atoms with E-state index in [4.69, 9.17) is 4.74 Å². The van der Waals surface area contributed by atoms with Crippen LogP contribution in [0.5, 0.6) is 0 Å². The van der Waals surface area contributed by atoms with Crippen molar-refractivity contribution in [1.82, 2.24) is 19.9 Å². The quantitative estimate of drug-likeness (QED) is 0.865. The number of nitrogens with zero attached hydrogens (tertiary/aromatic N) is 4. The fourth-order valence-corrected chi connectivity index (χ4v) is 2.73. The van der Waals surface area contributed by atoms with E-state index in [1.165, 1.54) is 0 Å². The van der Waals surface area contributed by atoms with Gasteiger partial charge in [0.05, 0.1) is 18.0 Å². The number of benzene rings is 1. The first-order valence-electron chi connectivity index (χ1n) is 7.66. The van der Waals surface area contributed by atoms with Gasteiger partial charge in [-0.25, -0.2) is 4.68 Å². The summed E-state index contributed by atoms with van der Waals surface area (Å²) in [6.07, 6.45) is 3.78. The summed E-state index contributed by atoms with van der Waals surface area (Å²) in [5, 5.41) is 8.07. The molecule has 22 heavy (non-hydrogen) atoms. The second-order valence-electron chi connectivity index (χ2n) is 5.35. The monoisotopic (exact) mass is 300 g/mol. The fraction of sp³-hybridized carbons (Fsp3) is 0.438. The summed E-state index contributed by atoms with van der Waals surface area (Å²) in [5.74, 6) is -0.0772. The zero-order chi connectivity index (χ0) is 15.4. The highest BCUT2D eigenvalue weighted by atomic mass is 16.5. The van der Waals surface area contributed by atoms with Crippen LogP contribution in [0.25, 0.3) is 5.69 Å². The molecule has 1 aromatic carbocycles. The van der Waals surface area contributed by atoms with E-state index in [0.717, 1.165) is 25.1 Å². The maximum absolute atomic E-state index is 12.5. The Labute approximate surface area is 129 Å². The minimum atomic E-state index is -0.0772. The largest absolute Gasteiger partial charge is 0.377 e. The molecular formula is C16H20N4O2. The lowest BCUT2D eigenvalue weighted by Gasteiger charge is -2.31. The second kappa shape index (κ2) is 6.70. The molecule has 3 rings (SSSR count). The van der Waals surface area contributed by atoms with Gasteiger partial charge in [0.25, 0.3) is 5.91 Å². The third-order valence-electron chi connectivity index (χ3n) is 3.80. The number of carbonyl (C=O) groups is 1. The van der Waals surface area contributed by atoms with Crippen molar-refractivity contribution >= 4 is 5.91 Å². The van der Waals surface area contributed by atoms with Crippen LogP contribution in [0.3, 0.4) is 0 Å². The van der Waals surface area contributed by atoms with Crippen LogP contribution in [0, 0.1) is 0 Å². The van der Waals surface area contributed by atoms with Gasteiger partial charge in [-0.15, -0.1) is 5.10 Å². The summed E-state index contributed by atoms with van der Waals surface area (Å²) in [7, 11) is 0.